The number of nitrogens with zero attached hydrogens (tertiary/aromatic N) is 3. The van der Waals surface area contributed by atoms with Crippen molar-refractivity contribution in [1.82, 2.24) is 19.7 Å². The van der Waals surface area contributed by atoms with Gasteiger partial charge in [-0.05, 0) is 30.7 Å². The Bertz CT molecular complexity index is 785. The Morgan fingerprint density at radius 1 is 1.33 bits per heavy atom. The minimum absolute atomic E-state index is 0.139. The zero-order valence-electron chi connectivity index (χ0n) is 11.3. The van der Waals surface area contributed by atoms with E-state index in [1.807, 2.05) is 19.1 Å². The first-order valence-corrected chi connectivity index (χ1v) is 6.86. The van der Waals surface area contributed by atoms with Crippen LogP contribution < -0.4 is 5.32 Å². The van der Waals surface area contributed by atoms with Crippen LogP contribution in [-0.4, -0.2) is 20.3 Å². The fraction of sp³-hybridized carbons (Fsp3) is 0.133. The summed E-state index contributed by atoms with van der Waals surface area (Å²) in [4.78, 5) is 20.6. The lowest BCUT2D eigenvalue weighted by atomic mass is 10.1. The fourth-order valence-electron chi connectivity index (χ4n) is 2.06. The molecule has 0 saturated carbocycles. The average molecular weight is 301 g/mol. The zero-order valence-corrected chi connectivity index (χ0v) is 12.1. The van der Waals surface area contributed by atoms with Crippen molar-refractivity contribution in [2.75, 3.05) is 0 Å². The van der Waals surface area contributed by atoms with E-state index in [1.165, 1.54) is 0 Å². The molecular weight excluding hydrogens is 288 g/mol. The highest BCUT2D eigenvalue weighted by Gasteiger charge is 2.14. The summed E-state index contributed by atoms with van der Waals surface area (Å²) in [6.07, 6.45) is 6.80. The number of nitrogens with one attached hydrogen (secondary N) is 1. The van der Waals surface area contributed by atoms with Crippen molar-refractivity contribution in [3.63, 3.8) is 0 Å². The van der Waals surface area contributed by atoms with Gasteiger partial charge in [-0.25, -0.2) is 4.98 Å². The summed E-state index contributed by atoms with van der Waals surface area (Å²) >= 11 is 5.92. The highest BCUT2D eigenvalue weighted by molar-refractivity contribution is 6.30. The second kappa shape index (κ2) is 5.54. The normalized spacial score (nSPS) is 12.3. The van der Waals surface area contributed by atoms with Gasteiger partial charge in [-0.3, -0.25) is 9.78 Å². The van der Waals surface area contributed by atoms with Crippen LogP contribution in [0.15, 0.2) is 49.1 Å². The van der Waals surface area contributed by atoms with Crippen LogP contribution in [0.25, 0.3) is 5.65 Å². The molecule has 0 unspecified atom stereocenters. The number of hydrogen-bond acceptors (Lipinski definition) is 3. The van der Waals surface area contributed by atoms with Gasteiger partial charge in [-0.15, -0.1) is 0 Å². The molecule has 1 amide bonds. The van der Waals surface area contributed by atoms with Gasteiger partial charge in [-0.1, -0.05) is 17.7 Å². The number of pyridine rings is 2. The number of aromatic nitrogens is 3. The largest absolute Gasteiger partial charge is 0.344 e. The Balaban J connectivity index is 1.80. The minimum Gasteiger partial charge on any atom is -0.344 e. The molecule has 0 aliphatic carbocycles. The summed E-state index contributed by atoms with van der Waals surface area (Å²) in [6.45, 7) is 1.90. The summed E-state index contributed by atoms with van der Waals surface area (Å²) in [7, 11) is 0. The highest BCUT2D eigenvalue weighted by Crippen LogP contribution is 2.14. The predicted octanol–water partition coefficient (Wildman–Crippen LogP) is 2.87. The van der Waals surface area contributed by atoms with Crippen molar-refractivity contribution in [1.29, 1.82) is 0 Å². The van der Waals surface area contributed by atoms with Gasteiger partial charge in [0, 0.05) is 24.8 Å². The third-order valence-electron chi connectivity index (χ3n) is 3.18. The molecule has 1 atom stereocenters. The highest BCUT2D eigenvalue weighted by atomic mass is 35.5. The Labute approximate surface area is 126 Å². The van der Waals surface area contributed by atoms with E-state index in [0.29, 0.717) is 16.4 Å². The van der Waals surface area contributed by atoms with Crippen LogP contribution >= 0.6 is 11.6 Å². The maximum Gasteiger partial charge on any atom is 0.271 e. The Morgan fingerprint density at radius 3 is 2.95 bits per heavy atom. The third kappa shape index (κ3) is 2.87. The van der Waals surface area contributed by atoms with Gasteiger partial charge in [0.05, 0.1) is 11.1 Å². The zero-order chi connectivity index (χ0) is 14.8. The summed E-state index contributed by atoms with van der Waals surface area (Å²) in [6, 6.07) is 7.12. The molecule has 3 rings (SSSR count). The smallest absolute Gasteiger partial charge is 0.271 e. The van der Waals surface area contributed by atoms with Crippen LogP contribution in [-0.2, 0) is 0 Å². The first-order valence-electron chi connectivity index (χ1n) is 6.48. The molecule has 21 heavy (non-hydrogen) atoms. The standard InChI is InChI=1S/C15H13ClN4O/c1-10(11-3-2-6-17-7-11)18-15(21)13-9-20-8-12(16)4-5-14(20)19-13/h2-10H,1H3,(H,18,21)/t10-/m0/s1. The maximum absolute atomic E-state index is 12.2. The molecule has 3 heterocycles. The van der Waals surface area contributed by atoms with Crippen molar-refractivity contribution in [3.8, 4) is 0 Å². The van der Waals surface area contributed by atoms with E-state index in [-0.39, 0.29) is 11.9 Å². The van der Waals surface area contributed by atoms with E-state index in [0.717, 1.165) is 5.56 Å². The SMILES string of the molecule is C[C@H](NC(=O)c1cn2cc(Cl)ccc2n1)c1cccnc1. The monoisotopic (exact) mass is 300 g/mol. The molecule has 3 aromatic rings. The van der Waals surface area contributed by atoms with Gasteiger partial charge in [0.2, 0.25) is 0 Å². The van der Waals surface area contributed by atoms with Crippen molar-refractivity contribution < 1.29 is 4.79 Å². The second-order valence-corrected chi connectivity index (χ2v) is 5.16. The molecule has 106 valence electrons. The second-order valence-electron chi connectivity index (χ2n) is 4.72. The molecule has 0 fully saturated rings. The van der Waals surface area contributed by atoms with E-state index in [1.54, 1.807) is 41.3 Å². The van der Waals surface area contributed by atoms with E-state index in [2.05, 4.69) is 15.3 Å². The van der Waals surface area contributed by atoms with Crippen molar-refractivity contribution >= 4 is 23.2 Å². The molecule has 0 bridgehead atoms. The number of carbonyl (C=O) groups excluding carboxylic acids is 1. The number of imidazole rings is 1. The lowest BCUT2D eigenvalue weighted by Gasteiger charge is -2.12. The van der Waals surface area contributed by atoms with E-state index >= 15 is 0 Å². The summed E-state index contributed by atoms with van der Waals surface area (Å²) < 4.78 is 1.73. The van der Waals surface area contributed by atoms with E-state index in [9.17, 15) is 4.79 Å². The lowest BCUT2D eigenvalue weighted by Crippen LogP contribution is -2.26. The topological polar surface area (TPSA) is 59.3 Å². The first kappa shape index (κ1) is 13.6. The van der Waals surface area contributed by atoms with Crippen LogP contribution in [0.4, 0.5) is 0 Å². The van der Waals surface area contributed by atoms with Crippen molar-refractivity contribution in [2.45, 2.75) is 13.0 Å². The van der Waals surface area contributed by atoms with Crippen molar-refractivity contribution in [2.24, 2.45) is 0 Å². The molecule has 0 aliphatic heterocycles. The molecule has 0 aliphatic rings. The van der Waals surface area contributed by atoms with Crippen LogP contribution in [0.3, 0.4) is 0 Å². The molecule has 0 aromatic carbocycles. The van der Waals surface area contributed by atoms with Gasteiger partial charge >= 0.3 is 0 Å². The average Bonchev–Trinajstić information content (AvgIpc) is 2.91. The fourth-order valence-corrected chi connectivity index (χ4v) is 2.23. The maximum atomic E-state index is 12.2. The van der Waals surface area contributed by atoms with E-state index < -0.39 is 0 Å². The number of hydrogen-bond donors (Lipinski definition) is 1. The Hall–Kier alpha value is -2.40. The molecule has 5 nitrogen and oxygen atoms in total. The predicted molar refractivity (Wildman–Crippen MR) is 80.3 cm³/mol. The molecule has 1 N–H and O–H groups in total. The Morgan fingerprint density at radius 2 is 2.19 bits per heavy atom. The summed E-state index contributed by atoms with van der Waals surface area (Å²) in [5.41, 5.74) is 1.98. The number of carbonyl (C=O) groups is 1. The van der Waals surface area contributed by atoms with E-state index in [4.69, 9.17) is 11.6 Å². The molecular formula is C15H13ClN4O. The van der Waals surface area contributed by atoms with Crippen molar-refractivity contribution in [3.05, 3.63) is 65.3 Å². The summed E-state index contributed by atoms with van der Waals surface area (Å²) in [5, 5.41) is 3.49. The first-order chi connectivity index (χ1) is 10.1. The van der Waals surface area contributed by atoms with Crippen LogP contribution in [0.1, 0.15) is 29.0 Å². The number of amides is 1. The van der Waals surface area contributed by atoms with Gasteiger partial charge in [0.15, 0.2) is 0 Å². The molecule has 0 radical (unpaired) electrons. The quantitative estimate of drug-likeness (QED) is 0.809. The summed E-state index contributed by atoms with van der Waals surface area (Å²) in [5.74, 6) is -0.230. The molecule has 6 heteroatoms. The lowest BCUT2D eigenvalue weighted by molar-refractivity contribution is 0.0935. The number of rotatable bonds is 3. The molecule has 0 spiro atoms. The van der Waals surface area contributed by atoms with Crippen LogP contribution in [0.2, 0.25) is 5.02 Å². The number of halogens is 1. The number of fused-ring (bicyclic) bond motifs is 1. The molecule has 3 aromatic heterocycles. The van der Waals surface area contributed by atoms with Gasteiger partial charge in [-0.2, -0.15) is 0 Å². The third-order valence-corrected chi connectivity index (χ3v) is 3.40. The van der Waals surface area contributed by atoms with Crippen LogP contribution in [0.5, 0.6) is 0 Å². The van der Waals surface area contributed by atoms with Crippen LogP contribution in [0, 0.1) is 0 Å². The van der Waals surface area contributed by atoms with Gasteiger partial charge in [0.1, 0.15) is 11.3 Å². The van der Waals surface area contributed by atoms with Gasteiger partial charge in [0.25, 0.3) is 5.91 Å². The molecule has 0 saturated heterocycles. The minimum atomic E-state index is -0.230. The van der Waals surface area contributed by atoms with Gasteiger partial charge < -0.3 is 9.72 Å². The Kier molecular flexibility index (Phi) is 3.58.